The molecule has 0 aromatic carbocycles. The third kappa shape index (κ3) is 2.97. The first-order chi connectivity index (χ1) is 7.60. The van der Waals surface area contributed by atoms with E-state index in [2.05, 4.69) is 0 Å². The summed E-state index contributed by atoms with van der Waals surface area (Å²) in [5.74, 6) is 0.141. The van der Waals surface area contributed by atoms with E-state index < -0.39 is 0 Å². The Morgan fingerprint density at radius 3 is 2.38 bits per heavy atom. The molecule has 1 heterocycles. The van der Waals surface area contributed by atoms with Crippen LogP contribution in [0.2, 0.25) is 0 Å². The van der Waals surface area contributed by atoms with Crippen molar-refractivity contribution in [1.82, 2.24) is 4.90 Å². The van der Waals surface area contributed by atoms with E-state index in [1.165, 1.54) is 7.11 Å². The Kier molecular flexibility index (Phi) is 4.77. The summed E-state index contributed by atoms with van der Waals surface area (Å²) in [6, 6.07) is 0. The van der Waals surface area contributed by atoms with Crippen molar-refractivity contribution in [2.24, 2.45) is 11.8 Å². The summed E-state index contributed by atoms with van der Waals surface area (Å²) in [5.41, 5.74) is 0. The van der Waals surface area contributed by atoms with E-state index in [-0.39, 0.29) is 23.7 Å². The third-order valence-electron chi connectivity index (χ3n) is 3.38. The van der Waals surface area contributed by atoms with Crippen molar-refractivity contribution in [3.63, 3.8) is 0 Å². The van der Waals surface area contributed by atoms with Crippen molar-refractivity contribution < 1.29 is 14.3 Å². The minimum absolute atomic E-state index is 0.0222. The second kappa shape index (κ2) is 5.87. The fourth-order valence-electron chi connectivity index (χ4n) is 1.99. The number of likely N-dealkylation sites (tertiary alicyclic amines) is 1. The normalized spacial score (nSPS) is 19.3. The number of carbonyl (C=O) groups is 2. The summed E-state index contributed by atoms with van der Waals surface area (Å²) in [6.07, 6.45) is 2.33. The molecule has 16 heavy (non-hydrogen) atoms. The number of nitrogens with zero attached hydrogens (tertiary/aromatic N) is 1. The fraction of sp³-hybridized carbons (Fsp3) is 0.833. The minimum atomic E-state index is -0.143. The fourth-order valence-corrected chi connectivity index (χ4v) is 1.99. The summed E-state index contributed by atoms with van der Waals surface area (Å²) in [7, 11) is 1.42. The first-order valence-electron chi connectivity index (χ1n) is 5.96. The average molecular weight is 227 g/mol. The van der Waals surface area contributed by atoms with Crippen LogP contribution < -0.4 is 0 Å². The standard InChI is InChI=1S/C12H21NO3/c1-4-9(2)11(14)13-7-5-10(6-8-13)12(15)16-3/h9-10H,4-8H2,1-3H3. The van der Waals surface area contributed by atoms with Crippen molar-refractivity contribution in [3.8, 4) is 0 Å². The van der Waals surface area contributed by atoms with Gasteiger partial charge < -0.3 is 9.64 Å². The molecule has 0 aromatic rings. The Balaban J connectivity index is 2.43. The maximum absolute atomic E-state index is 11.9. The molecule has 0 radical (unpaired) electrons. The van der Waals surface area contributed by atoms with Crippen molar-refractivity contribution in [2.75, 3.05) is 20.2 Å². The lowest BCUT2D eigenvalue weighted by molar-refractivity contribution is -0.149. The van der Waals surface area contributed by atoms with Crippen LogP contribution in [0, 0.1) is 11.8 Å². The van der Waals surface area contributed by atoms with Crippen LogP contribution >= 0.6 is 0 Å². The molecule has 1 fully saturated rings. The van der Waals surface area contributed by atoms with E-state index in [0.29, 0.717) is 13.1 Å². The second-order valence-corrected chi connectivity index (χ2v) is 4.43. The summed E-state index contributed by atoms with van der Waals surface area (Å²) in [4.78, 5) is 25.1. The summed E-state index contributed by atoms with van der Waals surface area (Å²) in [6.45, 7) is 5.34. The lowest BCUT2D eigenvalue weighted by Crippen LogP contribution is -2.42. The highest BCUT2D eigenvalue weighted by Gasteiger charge is 2.29. The Morgan fingerprint density at radius 1 is 1.38 bits per heavy atom. The van der Waals surface area contributed by atoms with E-state index in [9.17, 15) is 9.59 Å². The topological polar surface area (TPSA) is 46.6 Å². The van der Waals surface area contributed by atoms with Gasteiger partial charge in [-0.25, -0.2) is 0 Å². The van der Waals surface area contributed by atoms with E-state index in [0.717, 1.165) is 19.3 Å². The number of hydrogen-bond acceptors (Lipinski definition) is 3. The van der Waals surface area contributed by atoms with Gasteiger partial charge in [-0.05, 0) is 19.3 Å². The van der Waals surface area contributed by atoms with Gasteiger partial charge in [-0.2, -0.15) is 0 Å². The number of hydrogen-bond donors (Lipinski definition) is 0. The molecule has 1 rings (SSSR count). The van der Waals surface area contributed by atoms with Gasteiger partial charge >= 0.3 is 5.97 Å². The number of amides is 1. The molecule has 0 aromatic heterocycles. The van der Waals surface area contributed by atoms with E-state index >= 15 is 0 Å². The van der Waals surface area contributed by atoms with Crippen LogP contribution in [0.1, 0.15) is 33.1 Å². The molecule has 1 amide bonds. The SMILES string of the molecule is CCC(C)C(=O)N1CCC(C(=O)OC)CC1. The van der Waals surface area contributed by atoms with Gasteiger partial charge in [0.05, 0.1) is 13.0 Å². The van der Waals surface area contributed by atoms with Gasteiger partial charge in [-0.3, -0.25) is 9.59 Å². The lowest BCUT2D eigenvalue weighted by atomic mass is 9.95. The van der Waals surface area contributed by atoms with Gasteiger partial charge in [-0.15, -0.1) is 0 Å². The highest BCUT2D eigenvalue weighted by molar-refractivity contribution is 5.79. The molecule has 1 aliphatic rings. The smallest absolute Gasteiger partial charge is 0.308 e. The Bertz CT molecular complexity index is 257. The molecule has 4 heteroatoms. The Morgan fingerprint density at radius 2 is 1.94 bits per heavy atom. The highest BCUT2D eigenvalue weighted by Crippen LogP contribution is 2.20. The maximum atomic E-state index is 11.9. The first kappa shape index (κ1) is 13.0. The van der Waals surface area contributed by atoms with Gasteiger partial charge in [0.25, 0.3) is 0 Å². The predicted molar refractivity (Wildman–Crippen MR) is 60.8 cm³/mol. The predicted octanol–water partition coefficient (Wildman–Crippen LogP) is 1.44. The van der Waals surface area contributed by atoms with Crippen molar-refractivity contribution in [2.45, 2.75) is 33.1 Å². The second-order valence-electron chi connectivity index (χ2n) is 4.43. The van der Waals surface area contributed by atoms with Crippen molar-refractivity contribution in [1.29, 1.82) is 0 Å². The van der Waals surface area contributed by atoms with Crippen LogP contribution in [0.15, 0.2) is 0 Å². The van der Waals surface area contributed by atoms with Gasteiger partial charge in [0.15, 0.2) is 0 Å². The molecule has 1 unspecified atom stereocenters. The zero-order valence-corrected chi connectivity index (χ0v) is 10.4. The van der Waals surface area contributed by atoms with Crippen molar-refractivity contribution >= 4 is 11.9 Å². The summed E-state index contributed by atoms with van der Waals surface area (Å²) >= 11 is 0. The van der Waals surface area contributed by atoms with Crippen LogP contribution in [0.4, 0.5) is 0 Å². The van der Waals surface area contributed by atoms with Crippen LogP contribution in [0.3, 0.4) is 0 Å². The number of esters is 1. The summed E-state index contributed by atoms with van der Waals surface area (Å²) in [5, 5.41) is 0. The number of methoxy groups -OCH3 is 1. The van der Waals surface area contributed by atoms with Crippen LogP contribution in [0.5, 0.6) is 0 Å². The zero-order chi connectivity index (χ0) is 12.1. The molecular formula is C12H21NO3. The van der Waals surface area contributed by atoms with Gasteiger partial charge in [0.1, 0.15) is 0 Å². The first-order valence-corrected chi connectivity index (χ1v) is 5.96. The monoisotopic (exact) mass is 227 g/mol. The minimum Gasteiger partial charge on any atom is -0.469 e. The van der Waals surface area contributed by atoms with E-state index in [1.54, 1.807) is 0 Å². The highest BCUT2D eigenvalue weighted by atomic mass is 16.5. The van der Waals surface area contributed by atoms with Crippen molar-refractivity contribution in [3.05, 3.63) is 0 Å². The number of rotatable bonds is 3. The molecule has 0 bridgehead atoms. The Hall–Kier alpha value is -1.06. The molecule has 4 nitrogen and oxygen atoms in total. The van der Waals surface area contributed by atoms with Crippen LogP contribution in [0.25, 0.3) is 0 Å². The Labute approximate surface area is 96.9 Å². The van der Waals surface area contributed by atoms with Gasteiger partial charge in [-0.1, -0.05) is 13.8 Å². The third-order valence-corrected chi connectivity index (χ3v) is 3.38. The average Bonchev–Trinajstić information content (AvgIpc) is 2.36. The van der Waals surface area contributed by atoms with E-state index in [1.807, 2.05) is 18.7 Å². The van der Waals surface area contributed by atoms with Crippen LogP contribution in [-0.2, 0) is 14.3 Å². The van der Waals surface area contributed by atoms with E-state index in [4.69, 9.17) is 4.74 Å². The molecule has 0 spiro atoms. The largest absolute Gasteiger partial charge is 0.469 e. The molecular weight excluding hydrogens is 206 g/mol. The molecule has 92 valence electrons. The molecule has 1 saturated heterocycles. The molecule has 0 aliphatic carbocycles. The molecule has 1 atom stereocenters. The van der Waals surface area contributed by atoms with Gasteiger partial charge in [0.2, 0.25) is 5.91 Å². The summed E-state index contributed by atoms with van der Waals surface area (Å²) < 4.78 is 4.71. The number of piperidine rings is 1. The maximum Gasteiger partial charge on any atom is 0.308 e. The lowest BCUT2D eigenvalue weighted by Gasteiger charge is -2.32. The van der Waals surface area contributed by atoms with Gasteiger partial charge in [0, 0.05) is 19.0 Å². The number of carbonyl (C=O) groups excluding carboxylic acids is 2. The zero-order valence-electron chi connectivity index (χ0n) is 10.4. The quantitative estimate of drug-likeness (QED) is 0.685. The van der Waals surface area contributed by atoms with Crippen LogP contribution in [-0.4, -0.2) is 37.0 Å². The molecule has 0 saturated carbocycles. The number of ether oxygens (including phenoxy) is 1. The molecule has 1 aliphatic heterocycles. The molecule has 0 N–H and O–H groups in total.